The van der Waals surface area contributed by atoms with Crippen LogP contribution in [0.1, 0.15) is 35.7 Å². The second-order valence-electron chi connectivity index (χ2n) is 6.46. The van der Waals surface area contributed by atoms with Crippen LogP contribution in [0.25, 0.3) is 0 Å². The number of hydrogen-bond donors (Lipinski definition) is 3. The topological polar surface area (TPSA) is 90.4 Å². The number of carbonyl (C=O) groups excluding carboxylic acids is 1. The van der Waals surface area contributed by atoms with Crippen LogP contribution in [0.15, 0.2) is 18.3 Å². The number of alkyl halides is 3. The monoisotopic (exact) mass is 413 g/mol. The van der Waals surface area contributed by atoms with Crippen molar-refractivity contribution in [2.75, 3.05) is 30.3 Å². The van der Waals surface area contributed by atoms with E-state index in [-0.39, 0.29) is 23.7 Å². The molecule has 0 aliphatic carbocycles. The summed E-state index contributed by atoms with van der Waals surface area (Å²) in [6, 6.07) is 1.86. The van der Waals surface area contributed by atoms with E-state index in [0.29, 0.717) is 19.3 Å². The molecule has 1 aliphatic heterocycles. The van der Waals surface area contributed by atoms with Gasteiger partial charge in [0.05, 0.1) is 11.3 Å². The number of anilines is 3. The highest BCUT2D eigenvalue weighted by Crippen LogP contribution is 2.34. The predicted octanol–water partition coefficient (Wildman–Crippen LogP) is 3.75. The Hall–Kier alpha value is -3.11. The number of likely N-dealkylation sites (tertiary alicyclic amines) is 1. The SMILES string of the molecule is CCNc1nc(Nc2cc(O)c(C(=O)N3CCCC3)cc2F)ncc1C(F)(F)F. The van der Waals surface area contributed by atoms with Gasteiger partial charge in [-0.3, -0.25) is 4.79 Å². The number of phenols is 1. The minimum Gasteiger partial charge on any atom is -0.507 e. The molecule has 11 heteroatoms. The van der Waals surface area contributed by atoms with Gasteiger partial charge in [-0.05, 0) is 25.8 Å². The lowest BCUT2D eigenvalue weighted by molar-refractivity contribution is -0.137. The molecule has 0 radical (unpaired) electrons. The lowest BCUT2D eigenvalue weighted by Crippen LogP contribution is -2.27. The normalized spacial score (nSPS) is 14.2. The molecule has 0 spiro atoms. The summed E-state index contributed by atoms with van der Waals surface area (Å²) in [6.07, 6.45) is -2.39. The Labute approximate surface area is 163 Å². The van der Waals surface area contributed by atoms with Crippen molar-refractivity contribution in [1.82, 2.24) is 14.9 Å². The Morgan fingerprint density at radius 2 is 1.97 bits per heavy atom. The second kappa shape index (κ2) is 8.10. The van der Waals surface area contributed by atoms with Crippen molar-refractivity contribution in [2.24, 2.45) is 0 Å². The van der Waals surface area contributed by atoms with Gasteiger partial charge in [-0.25, -0.2) is 9.37 Å². The number of nitrogens with zero attached hydrogens (tertiary/aromatic N) is 3. The molecule has 0 atom stereocenters. The zero-order valence-corrected chi connectivity index (χ0v) is 15.5. The fourth-order valence-corrected chi connectivity index (χ4v) is 2.99. The van der Waals surface area contributed by atoms with Gasteiger partial charge in [0.15, 0.2) is 0 Å². The molecule has 3 N–H and O–H groups in total. The summed E-state index contributed by atoms with van der Waals surface area (Å²) in [5.74, 6) is -2.57. The Bertz CT molecular complexity index is 914. The first-order chi connectivity index (χ1) is 13.7. The molecule has 2 aromatic rings. The van der Waals surface area contributed by atoms with Gasteiger partial charge < -0.3 is 20.6 Å². The first kappa shape index (κ1) is 20.6. The number of halogens is 4. The van der Waals surface area contributed by atoms with Gasteiger partial charge in [0.2, 0.25) is 5.95 Å². The van der Waals surface area contributed by atoms with Crippen LogP contribution >= 0.6 is 0 Å². The molecule has 3 rings (SSSR count). The summed E-state index contributed by atoms with van der Waals surface area (Å²) < 4.78 is 53.6. The fraction of sp³-hybridized carbons (Fsp3) is 0.389. The summed E-state index contributed by atoms with van der Waals surface area (Å²) in [6.45, 7) is 2.85. The van der Waals surface area contributed by atoms with Crippen LogP contribution in [-0.2, 0) is 6.18 Å². The van der Waals surface area contributed by atoms with Gasteiger partial charge in [-0.2, -0.15) is 18.2 Å². The summed E-state index contributed by atoms with van der Waals surface area (Å²) in [5, 5.41) is 15.1. The molecular formula is C18H19F4N5O2. The molecule has 0 saturated carbocycles. The zero-order chi connectivity index (χ0) is 21.2. The highest BCUT2D eigenvalue weighted by atomic mass is 19.4. The van der Waals surface area contributed by atoms with Crippen molar-refractivity contribution in [1.29, 1.82) is 0 Å². The molecule has 2 heterocycles. The third kappa shape index (κ3) is 4.49. The van der Waals surface area contributed by atoms with Crippen molar-refractivity contribution < 1.29 is 27.5 Å². The second-order valence-corrected chi connectivity index (χ2v) is 6.46. The Kier molecular flexibility index (Phi) is 5.76. The van der Waals surface area contributed by atoms with Gasteiger partial charge >= 0.3 is 6.18 Å². The predicted molar refractivity (Wildman–Crippen MR) is 97.7 cm³/mol. The molecule has 7 nitrogen and oxygen atoms in total. The van der Waals surface area contributed by atoms with Crippen molar-refractivity contribution in [3.8, 4) is 5.75 Å². The molecule has 1 amide bonds. The number of nitrogens with one attached hydrogen (secondary N) is 2. The lowest BCUT2D eigenvalue weighted by Gasteiger charge is -2.17. The third-order valence-electron chi connectivity index (χ3n) is 4.39. The molecule has 0 unspecified atom stereocenters. The smallest absolute Gasteiger partial charge is 0.421 e. The molecule has 0 bridgehead atoms. The van der Waals surface area contributed by atoms with Crippen molar-refractivity contribution >= 4 is 23.4 Å². The van der Waals surface area contributed by atoms with Crippen LogP contribution in [0.4, 0.5) is 35.0 Å². The van der Waals surface area contributed by atoms with Crippen molar-refractivity contribution in [2.45, 2.75) is 25.9 Å². The summed E-state index contributed by atoms with van der Waals surface area (Å²) in [4.78, 5) is 21.2. The van der Waals surface area contributed by atoms with Crippen LogP contribution in [-0.4, -0.2) is 45.5 Å². The number of rotatable bonds is 5. The van der Waals surface area contributed by atoms with Gasteiger partial charge in [0.25, 0.3) is 5.91 Å². The molecule has 1 saturated heterocycles. The van der Waals surface area contributed by atoms with E-state index >= 15 is 0 Å². The average molecular weight is 413 g/mol. The highest BCUT2D eigenvalue weighted by Gasteiger charge is 2.35. The number of amides is 1. The van der Waals surface area contributed by atoms with E-state index in [1.807, 2.05) is 0 Å². The van der Waals surface area contributed by atoms with Gasteiger partial charge in [0, 0.05) is 31.9 Å². The largest absolute Gasteiger partial charge is 0.507 e. The molecule has 29 heavy (non-hydrogen) atoms. The molecule has 1 fully saturated rings. The first-order valence-corrected chi connectivity index (χ1v) is 8.97. The number of phenolic OH excluding ortho intramolecular Hbond substituents is 1. The van der Waals surface area contributed by atoms with Crippen LogP contribution in [0.3, 0.4) is 0 Å². The van der Waals surface area contributed by atoms with Crippen LogP contribution < -0.4 is 10.6 Å². The van der Waals surface area contributed by atoms with Gasteiger partial charge in [0.1, 0.15) is 22.9 Å². The van der Waals surface area contributed by atoms with E-state index in [4.69, 9.17) is 0 Å². The minimum atomic E-state index is -4.66. The first-order valence-electron chi connectivity index (χ1n) is 8.97. The van der Waals surface area contributed by atoms with Crippen molar-refractivity contribution in [3.63, 3.8) is 0 Å². The van der Waals surface area contributed by atoms with Crippen molar-refractivity contribution in [3.05, 3.63) is 35.3 Å². The minimum absolute atomic E-state index is 0.183. The Balaban J connectivity index is 1.87. The quantitative estimate of drug-likeness (QED) is 0.647. The Morgan fingerprint density at radius 3 is 2.59 bits per heavy atom. The van der Waals surface area contributed by atoms with Gasteiger partial charge in [-0.1, -0.05) is 0 Å². The standard InChI is InChI=1S/C18H19F4N5O2/c1-2-23-15-11(18(20,21)22)9-24-17(26-15)25-13-8-14(28)10(7-12(13)19)16(29)27-5-3-4-6-27/h7-9,28H,2-6H2,1H3,(H2,23,24,25,26). The average Bonchev–Trinajstić information content (AvgIpc) is 3.18. The molecule has 1 aromatic heterocycles. The van der Waals surface area contributed by atoms with Gasteiger partial charge in [-0.15, -0.1) is 0 Å². The van der Waals surface area contributed by atoms with Crippen LogP contribution in [0.5, 0.6) is 5.75 Å². The number of aromatic nitrogens is 2. The lowest BCUT2D eigenvalue weighted by atomic mass is 10.1. The Morgan fingerprint density at radius 1 is 1.28 bits per heavy atom. The van der Waals surface area contributed by atoms with E-state index in [1.165, 1.54) is 4.90 Å². The number of carbonyl (C=O) groups is 1. The maximum absolute atomic E-state index is 14.5. The molecule has 156 valence electrons. The van der Waals surface area contributed by atoms with E-state index in [2.05, 4.69) is 20.6 Å². The molecular weight excluding hydrogens is 394 g/mol. The number of aromatic hydroxyl groups is 1. The summed E-state index contributed by atoms with van der Waals surface area (Å²) in [5.41, 5.74) is -1.51. The maximum atomic E-state index is 14.5. The van der Waals surface area contributed by atoms with E-state index in [0.717, 1.165) is 25.0 Å². The number of benzene rings is 1. The molecule has 1 aliphatic rings. The highest BCUT2D eigenvalue weighted by molar-refractivity contribution is 5.97. The van der Waals surface area contributed by atoms with E-state index in [1.54, 1.807) is 6.92 Å². The van der Waals surface area contributed by atoms with Crippen LogP contribution in [0.2, 0.25) is 0 Å². The summed E-state index contributed by atoms with van der Waals surface area (Å²) in [7, 11) is 0. The maximum Gasteiger partial charge on any atom is 0.421 e. The number of hydrogen-bond acceptors (Lipinski definition) is 6. The van der Waals surface area contributed by atoms with Crippen LogP contribution in [0, 0.1) is 5.82 Å². The zero-order valence-electron chi connectivity index (χ0n) is 15.5. The van der Waals surface area contributed by atoms with E-state index < -0.39 is 35.0 Å². The fourth-order valence-electron chi connectivity index (χ4n) is 2.99. The summed E-state index contributed by atoms with van der Waals surface area (Å²) >= 11 is 0. The van der Waals surface area contributed by atoms with E-state index in [9.17, 15) is 27.5 Å². The third-order valence-corrected chi connectivity index (χ3v) is 4.39. The molecule has 1 aromatic carbocycles.